The summed E-state index contributed by atoms with van der Waals surface area (Å²) in [4.78, 5) is 27.8. The summed E-state index contributed by atoms with van der Waals surface area (Å²) in [6.45, 7) is 3.17. The van der Waals surface area contributed by atoms with Crippen molar-refractivity contribution in [1.29, 1.82) is 0 Å². The molecular weight excluding hydrogens is 514 g/mol. The molecule has 0 aliphatic heterocycles. The third-order valence-corrected chi connectivity index (χ3v) is 6.65. The number of rotatable bonds is 5. The average Bonchev–Trinajstić information content (AvgIpc) is 2.93. The molecule has 0 saturated carbocycles. The molecule has 27 heavy (non-hydrogen) atoms. The van der Waals surface area contributed by atoms with Crippen molar-refractivity contribution >= 4 is 63.0 Å². The number of hydrogen-bond donors (Lipinski definition) is 1. The maximum absolute atomic E-state index is 13.2. The van der Waals surface area contributed by atoms with E-state index in [0.29, 0.717) is 15.5 Å². The van der Waals surface area contributed by atoms with Crippen molar-refractivity contribution in [2.75, 3.05) is 23.4 Å². The Morgan fingerprint density at radius 3 is 2.52 bits per heavy atom. The summed E-state index contributed by atoms with van der Waals surface area (Å²) in [7, 11) is 1.34. The number of halogens is 4. The van der Waals surface area contributed by atoms with Crippen molar-refractivity contribution in [1.82, 2.24) is 4.57 Å². The van der Waals surface area contributed by atoms with E-state index in [1.807, 2.05) is 13.0 Å². The Labute approximate surface area is 175 Å². The fourth-order valence-electron chi connectivity index (χ4n) is 2.55. The number of aromatic nitrogens is 1. The lowest BCUT2D eigenvalue weighted by Crippen LogP contribution is -2.37. The van der Waals surface area contributed by atoms with Crippen LogP contribution < -0.4 is 16.2 Å². The van der Waals surface area contributed by atoms with Crippen molar-refractivity contribution in [3.05, 3.63) is 35.9 Å². The molecule has 0 aromatic carbocycles. The van der Waals surface area contributed by atoms with Gasteiger partial charge in [0.05, 0.1) is 8.57 Å². The number of nitrogens with zero attached hydrogens (tertiary/aromatic N) is 2. The molecule has 0 fully saturated rings. The second kappa shape index (κ2) is 8.43. The smallest absolute Gasteiger partial charge is 0.397 e. The highest BCUT2D eigenvalue weighted by Crippen LogP contribution is 2.35. The highest BCUT2D eigenvalue weighted by atomic mass is 127. The minimum atomic E-state index is -4.72. The van der Waals surface area contributed by atoms with Gasteiger partial charge in [0, 0.05) is 18.5 Å². The summed E-state index contributed by atoms with van der Waals surface area (Å²) in [5.74, 6) is 0.270. The Morgan fingerprint density at radius 1 is 1.37 bits per heavy atom. The first kappa shape index (κ1) is 22.1. The largest absolute Gasteiger partial charge is 0.431 e. The van der Waals surface area contributed by atoms with Gasteiger partial charge >= 0.3 is 6.18 Å². The highest BCUT2D eigenvalue weighted by molar-refractivity contribution is 14.1. The average molecular weight is 531 g/mol. The number of amides is 1. The van der Waals surface area contributed by atoms with Crippen molar-refractivity contribution in [3.8, 4) is 0 Å². The third-order valence-electron chi connectivity index (χ3n) is 3.71. The SMILES string of the molecule is CCSc1cc(I)sc1C(=O)N(C)c1c(N)cc(C(F)(F)F)n(CC)c1=O. The fourth-order valence-corrected chi connectivity index (χ4v) is 5.60. The first-order valence-corrected chi connectivity index (χ1v) is 10.7. The second-order valence-electron chi connectivity index (χ2n) is 5.42. The van der Waals surface area contributed by atoms with Crippen LogP contribution in [0.25, 0.3) is 0 Å². The summed E-state index contributed by atoms with van der Waals surface area (Å²) < 4.78 is 41.1. The maximum atomic E-state index is 13.2. The summed E-state index contributed by atoms with van der Waals surface area (Å²) in [5, 5.41) is 0. The molecule has 0 radical (unpaired) electrons. The zero-order chi connectivity index (χ0) is 20.5. The molecule has 2 rings (SSSR count). The Hall–Kier alpha value is -1.21. The summed E-state index contributed by atoms with van der Waals surface area (Å²) in [6, 6.07) is 2.56. The number of carbonyl (C=O) groups is 1. The Bertz CT molecular complexity index is 925. The van der Waals surface area contributed by atoms with Crippen molar-refractivity contribution in [2.24, 2.45) is 0 Å². The van der Waals surface area contributed by atoms with Crippen LogP contribution in [0.15, 0.2) is 21.8 Å². The molecule has 2 N–H and O–H groups in total. The van der Waals surface area contributed by atoms with Crippen molar-refractivity contribution in [2.45, 2.75) is 31.5 Å². The van der Waals surface area contributed by atoms with Crippen LogP contribution in [0.3, 0.4) is 0 Å². The van der Waals surface area contributed by atoms with Gasteiger partial charge in [-0.15, -0.1) is 23.1 Å². The van der Waals surface area contributed by atoms with Crippen molar-refractivity contribution in [3.63, 3.8) is 0 Å². The molecule has 0 saturated heterocycles. The van der Waals surface area contributed by atoms with Gasteiger partial charge in [-0.1, -0.05) is 6.92 Å². The molecule has 148 valence electrons. The fraction of sp³-hybridized carbons (Fsp3) is 0.375. The van der Waals surface area contributed by atoms with Gasteiger partial charge in [0.25, 0.3) is 11.5 Å². The molecule has 2 aromatic rings. The lowest BCUT2D eigenvalue weighted by molar-refractivity contribution is -0.144. The number of hydrogen-bond acceptors (Lipinski definition) is 5. The first-order valence-electron chi connectivity index (χ1n) is 7.83. The maximum Gasteiger partial charge on any atom is 0.431 e. The van der Waals surface area contributed by atoms with E-state index >= 15 is 0 Å². The summed E-state index contributed by atoms with van der Waals surface area (Å²) >= 11 is 4.83. The van der Waals surface area contributed by atoms with Gasteiger partial charge < -0.3 is 15.2 Å². The van der Waals surface area contributed by atoms with Crippen LogP contribution in [0.4, 0.5) is 24.5 Å². The van der Waals surface area contributed by atoms with E-state index in [9.17, 15) is 22.8 Å². The zero-order valence-corrected chi connectivity index (χ0v) is 18.5. The van der Waals surface area contributed by atoms with Crippen molar-refractivity contribution < 1.29 is 18.0 Å². The van der Waals surface area contributed by atoms with Crippen LogP contribution in [-0.2, 0) is 12.7 Å². The number of carbonyl (C=O) groups excluding carboxylic acids is 1. The molecule has 5 nitrogen and oxygen atoms in total. The summed E-state index contributed by atoms with van der Waals surface area (Å²) in [6.07, 6.45) is -4.72. The molecule has 1 amide bonds. The molecule has 0 spiro atoms. The van der Waals surface area contributed by atoms with Crippen LogP contribution in [-0.4, -0.2) is 23.3 Å². The molecule has 0 atom stereocenters. The van der Waals surface area contributed by atoms with Gasteiger partial charge in [0.2, 0.25) is 0 Å². The Kier molecular flexibility index (Phi) is 6.90. The number of nitrogens with two attached hydrogens (primary N) is 1. The number of anilines is 2. The number of alkyl halides is 3. The molecule has 2 aromatic heterocycles. The third kappa shape index (κ3) is 4.45. The van der Waals surface area contributed by atoms with Gasteiger partial charge in [-0.25, -0.2) is 0 Å². The van der Waals surface area contributed by atoms with Crippen LogP contribution in [0.5, 0.6) is 0 Å². The van der Waals surface area contributed by atoms with Crippen LogP contribution in [0, 0.1) is 2.88 Å². The normalized spacial score (nSPS) is 11.7. The monoisotopic (exact) mass is 531 g/mol. The van der Waals surface area contributed by atoms with Crippen LogP contribution in [0.2, 0.25) is 0 Å². The van der Waals surface area contributed by atoms with Crippen LogP contribution in [0.1, 0.15) is 29.2 Å². The number of thiophene rings is 1. The highest BCUT2D eigenvalue weighted by Gasteiger charge is 2.36. The van der Waals surface area contributed by atoms with E-state index in [0.717, 1.165) is 18.4 Å². The summed E-state index contributed by atoms with van der Waals surface area (Å²) in [5.41, 5.74) is 3.02. The minimum Gasteiger partial charge on any atom is -0.397 e. The molecule has 11 heteroatoms. The van der Waals surface area contributed by atoms with E-state index in [4.69, 9.17) is 5.73 Å². The second-order valence-corrected chi connectivity index (χ2v) is 9.67. The molecular formula is C16H17F3IN3O2S2. The van der Waals surface area contributed by atoms with E-state index in [1.165, 1.54) is 37.1 Å². The van der Waals surface area contributed by atoms with Gasteiger partial charge in [0.1, 0.15) is 16.3 Å². The predicted octanol–water partition coefficient (Wildman–Crippen LogP) is 4.52. The minimum absolute atomic E-state index is 0.198. The lowest BCUT2D eigenvalue weighted by Gasteiger charge is -2.22. The molecule has 0 aliphatic rings. The molecule has 0 unspecified atom stereocenters. The quantitative estimate of drug-likeness (QED) is 0.455. The Morgan fingerprint density at radius 2 is 2.00 bits per heavy atom. The lowest BCUT2D eigenvalue weighted by atomic mass is 10.2. The number of nitrogen functional groups attached to an aromatic ring is 1. The van der Waals surface area contributed by atoms with E-state index < -0.39 is 23.3 Å². The Balaban J connectivity index is 2.58. The van der Waals surface area contributed by atoms with Crippen LogP contribution >= 0.6 is 45.7 Å². The van der Waals surface area contributed by atoms with Gasteiger partial charge in [0.15, 0.2) is 0 Å². The van der Waals surface area contributed by atoms with E-state index in [-0.39, 0.29) is 17.9 Å². The van der Waals surface area contributed by atoms with Gasteiger partial charge in [-0.3, -0.25) is 9.59 Å². The molecule has 2 heterocycles. The standard InChI is InChI=1S/C16H17F3IN3O2S2/c1-4-23-10(16(17,18)19)6-8(21)12(14(23)24)22(3)15(25)13-9(26-5-2)7-11(20)27-13/h6-7H,4-5,21H2,1-3H3. The number of thioether (sulfide) groups is 1. The molecule has 0 bridgehead atoms. The predicted molar refractivity (Wildman–Crippen MR) is 112 cm³/mol. The van der Waals surface area contributed by atoms with E-state index in [2.05, 4.69) is 22.6 Å². The molecule has 0 aliphatic carbocycles. The number of pyridine rings is 1. The van der Waals surface area contributed by atoms with Gasteiger partial charge in [-0.2, -0.15) is 13.2 Å². The zero-order valence-electron chi connectivity index (χ0n) is 14.7. The van der Waals surface area contributed by atoms with Gasteiger partial charge in [-0.05, 0) is 47.4 Å². The first-order chi connectivity index (χ1) is 12.5. The van der Waals surface area contributed by atoms with E-state index in [1.54, 1.807) is 0 Å². The topological polar surface area (TPSA) is 68.3 Å².